The van der Waals surface area contributed by atoms with E-state index in [4.69, 9.17) is 11.6 Å². The number of aromatic nitrogens is 3. The van der Waals surface area contributed by atoms with E-state index in [1.54, 1.807) is 18.5 Å². The molecule has 0 spiro atoms. The van der Waals surface area contributed by atoms with Crippen molar-refractivity contribution in [2.45, 2.75) is 0 Å². The first-order valence-electron chi connectivity index (χ1n) is 4.43. The molecule has 0 aliphatic heterocycles. The maximum absolute atomic E-state index is 11.5. The van der Waals surface area contributed by atoms with E-state index in [2.05, 4.69) is 25.8 Å². The lowest BCUT2D eigenvalue weighted by Gasteiger charge is -2.04. The van der Waals surface area contributed by atoms with Gasteiger partial charge in [-0.15, -0.1) is 0 Å². The Balaban J connectivity index is 1.94. The zero-order chi connectivity index (χ0) is 11.4. The van der Waals surface area contributed by atoms with E-state index >= 15 is 0 Å². The van der Waals surface area contributed by atoms with Gasteiger partial charge in [0.15, 0.2) is 0 Å². The summed E-state index contributed by atoms with van der Waals surface area (Å²) >= 11 is 5.67. The molecule has 0 aliphatic carbocycles. The molecule has 2 aromatic heterocycles. The number of anilines is 1. The molecule has 16 heavy (non-hydrogen) atoms. The highest BCUT2D eigenvalue weighted by Crippen LogP contribution is 2.08. The number of nitrogens with one attached hydrogen (secondary N) is 3. The number of rotatable bonds is 3. The van der Waals surface area contributed by atoms with Crippen molar-refractivity contribution in [3.8, 4) is 0 Å². The molecule has 82 valence electrons. The summed E-state index contributed by atoms with van der Waals surface area (Å²) in [5.41, 5.74) is 5.35. The minimum Gasteiger partial charge on any atom is -0.356 e. The molecule has 1 amide bonds. The molecule has 2 rings (SSSR count). The number of amides is 1. The minimum atomic E-state index is -0.348. The van der Waals surface area contributed by atoms with Gasteiger partial charge in [0.05, 0.1) is 5.02 Å². The Morgan fingerprint density at radius 1 is 1.38 bits per heavy atom. The molecule has 3 N–H and O–H groups in total. The minimum absolute atomic E-state index is 0.313. The molecular formula is C9H8ClN5O. The second-order valence-corrected chi connectivity index (χ2v) is 3.32. The van der Waals surface area contributed by atoms with Gasteiger partial charge in [-0.05, 0) is 12.1 Å². The summed E-state index contributed by atoms with van der Waals surface area (Å²) in [6, 6.07) is 3.20. The molecule has 0 saturated heterocycles. The van der Waals surface area contributed by atoms with Gasteiger partial charge in [0.25, 0.3) is 5.91 Å². The largest absolute Gasteiger partial charge is 0.356 e. The van der Waals surface area contributed by atoms with E-state index in [9.17, 15) is 4.79 Å². The lowest BCUT2D eigenvalue weighted by Crippen LogP contribution is -2.30. The molecule has 0 aliphatic rings. The van der Waals surface area contributed by atoms with Crippen LogP contribution in [0.15, 0.2) is 30.7 Å². The van der Waals surface area contributed by atoms with Gasteiger partial charge in [-0.2, -0.15) is 0 Å². The number of aromatic amines is 1. The topological polar surface area (TPSA) is 82.7 Å². The highest BCUT2D eigenvalue weighted by molar-refractivity contribution is 6.30. The van der Waals surface area contributed by atoms with Crippen molar-refractivity contribution in [1.82, 2.24) is 20.4 Å². The molecular weight excluding hydrogens is 230 g/mol. The maximum atomic E-state index is 11.5. The summed E-state index contributed by atoms with van der Waals surface area (Å²) in [7, 11) is 0. The molecule has 0 fully saturated rings. The lowest BCUT2D eigenvalue weighted by molar-refractivity contribution is 0.0958. The second-order valence-electron chi connectivity index (χ2n) is 2.88. The first-order valence-corrected chi connectivity index (χ1v) is 4.81. The molecule has 0 atom stereocenters. The van der Waals surface area contributed by atoms with Crippen molar-refractivity contribution in [2.75, 3.05) is 5.43 Å². The van der Waals surface area contributed by atoms with E-state index in [0.717, 1.165) is 0 Å². The van der Waals surface area contributed by atoms with Crippen molar-refractivity contribution in [3.05, 3.63) is 41.4 Å². The third kappa shape index (κ3) is 2.48. The molecule has 7 heteroatoms. The van der Waals surface area contributed by atoms with Gasteiger partial charge in [-0.3, -0.25) is 15.6 Å². The summed E-state index contributed by atoms with van der Waals surface area (Å²) in [6.07, 6.45) is 4.65. The highest BCUT2D eigenvalue weighted by atomic mass is 35.5. The number of H-pyrrole nitrogens is 1. The average molecular weight is 238 g/mol. The molecule has 0 bridgehead atoms. The van der Waals surface area contributed by atoms with Gasteiger partial charge in [-0.1, -0.05) is 11.6 Å². The third-order valence-corrected chi connectivity index (χ3v) is 1.96. The smallest absolute Gasteiger partial charge is 0.286 e. The fourth-order valence-corrected chi connectivity index (χ4v) is 1.21. The van der Waals surface area contributed by atoms with Crippen LogP contribution in [0.25, 0.3) is 0 Å². The summed E-state index contributed by atoms with van der Waals surface area (Å²) < 4.78 is 0. The zero-order valence-electron chi connectivity index (χ0n) is 8.07. The van der Waals surface area contributed by atoms with Gasteiger partial charge >= 0.3 is 0 Å². The van der Waals surface area contributed by atoms with Crippen LogP contribution < -0.4 is 10.9 Å². The van der Waals surface area contributed by atoms with E-state index < -0.39 is 0 Å². The fourth-order valence-electron chi connectivity index (χ4n) is 1.04. The Morgan fingerprint density at radius 2 is 2.12 bits per heavy atom. The Morgan fingerprint density at radius 3 is 2.75 bits per heavy atom. The van der Waals surface area contributed by atoms with Gasteiger partial charge in [-0.25, -0.2) is 9.97 Å². The summed E-state index contributed by atoms with van der Waals surface area (Å²) in [5.74, 6) is -0.0344. The Kier molecular flexibility index (Phi) is 3.02. The standard InChI is InChI=1S/C9H8ClN5O/c10-6-4-7(13-5-6)8(16)14-15-9-11-2-1-3-12-9/h1-5,13H,(H,14,16)(H,11,12,15). The van der Waals surface area contributed by atoms with Crippen LogP contribution in [0.4, 0.5) is 5.95 Å². The molecule has 0 saturated carbocycles. The van der Waals surface area contributed by atoms with Crippen LogP contribution in [-0.4, -0.2) is 20.9 Å². The van der Waals surface area contributed by atoms with Gasteiger partial charge in [0, 0.05) is 18.6 Å². The third-order valence-electron chi connectivity index (χ3n) is 1.75. The van der Waals surface area contributed by atoms with Crippen LogP contribution in [0, 0.1) is 0 Å². The van der Waals surface area contributed by atoms with Crippen molar-refractivity contribution < 1.29 is 4.79 Å². The Bertz CT molecular complexity index is 484. The lowest BCUT2D eigenvalue weighted by atomic mass is 10.4. The monoisotopic (exact) mass is 237 g/mol. The van der Waals surface area contributed by atoms with E-state index in [1.165, 1.54) is 12.3 Å². The molecule has 0 unspecified atom stereocenters. The van der Waals surface area contributed by atoms with E-state index in [0.29, 0.717) is 16.7 Å². The van der Waals surface area contributed by atoms with Crippen molar-refractivity contribution in [3.63, 3.8) is 0 Å². The van der Waals surface area contributed by atoms with Crippen LogP contribution in [0.3, 0.4) is 0 Å². The number of halogens is 1. The quantitative estimate of drug-likeness (QED) is 0.701. The normalized spacial score (nSPS) is 9.81. The van der Waals surface area contributed by atoms with Crippen LogP contribution in [-0.2, 0) is 0 Å². The first kappa shape index (κ1) is 10.4. The summed E-state index contributed by atoms with van der Waals surface area (Å²) in [5, 5.41) is 0.473. The summed E-state index contributed by atoms with van der Waals surface area (Å²) in [4.78, 5) is 22.0. The average Bonchev–Trinajstić information content (AvgIpc) is 2.74. The number of carbonyl (C=O) groups excluding carboxylic acids is 1. The summed E-state index contributed by atoms with van der Waals surface area (Å²) in [6.45, 7) is 0. The van der Waals surface area contributed by atoms with E-state index in [-0.39, 0.29) is 5.91 Å². The van der Waals surface area contributed by atoms with Crippen LogP contribution >= 0.6 is 11.6 Å². The van der Waals surface area contributed by atoms with E-state index in [1.807, 2.05) is 0 Å². The molecule has 2 aromatic rings. The molecule has 0 radical (unpaired) electrons. The zero-order valence-corrected chi connectivity index (χ0v) is 8.82. The van der Waals surface area contributed by atoms with Crippen molar-refractivity contribution in [1.29, 1.82) is 0 Å². The predicted octanol–water partition coefficient (Wildman–Crippen LogP) is 1.21. The fraction of sp³-hybridized carbons (Fsp3) is 0. The number of hydrogen-bond acceptors (Lipinski definition) is 4. The van der Waals surface area contributed by atoms with Crippen LogP contribution in [0.1, 0.15) is 10.5 Å². The van der Waals surface area contributed by atoms with Crippen molar-refractivity contribution >= 4 is 23.5 Å². The Hall–Kier alpha value is -2.08. The maximum Gasteiger partial charge on any atom is 0.286 e. The highest BCUT2D eigenvalue weighted by Gasteiger charge is 2.07. The molecule has 2 heterocycles. The molecule has 0 aromatic carbocycles. The predicted molar refractivity (Wildman–Crippen MR) is 58.9 cm³/mol. The number of hydrazine groups is 1. The van der Waals surface area contributed by atoms with Crippen molar-refractivity contribution in [2.24, 2.45) is 0 Å². The second kappa shape index (κ2) is 4.63. The molecule has 6 nitrogen and oxygen atoms in total. The van der Waals surface area contributed by atoms with Crippen LogP contribution in [0.2, 0.25) is 5.02 Å². The number of hydrogen-bond donors (Lipinski definition) is 3. The van der Waals surface area contributed by atoms with Gasteiger partial charge in [0.1, 0.15) is 5.69 Å². The number of nitrogens with zero attached hydrogens (tertiary/aromatic N) is 2. The van der Waals surface area contributed by atoms with Gasteiger partial charge in [0.2, 0.25) is 5.95 Å². The van der Waals surface area contributed by atoms with Crippen LogP contribution in [0.5, 0.6) is 0 Å². The SMILES string of the molecule is O=C(NNc1ncccn1)c1cc(Cl)c[nH]1. The van der Waals surface area contributed by atoms with Gasteiger partial charge < -0.3 is 4.98 Å². The number of carbonyl (C=O) groups is 1. The Labute approximate surface area is 96.0 Å². The first-order chi connectivity index (χ1) is 7.75.